The molecule has 0 amide bonds. The van der Waals surface area contributed by atoms with Gasteiger partial charge in [0.15, 0.2) is 0 Å². The van der Waals surface area contributed by atoms with Crippen molar-refractivity contribution in [2.24, 2.45) is 46.2 Å². The van der Waals surface area contributed by atoms with Gasteiger partial charge in [-0.15, -0.1) is 0 Å². The largest absolute Gasteiger partial charge is 0.456 e. The highest BCUT2D eigenvalue weighted by Crippen LogP contribution is 2.63. The SMILES string of the molecule is C[C@H]1CC[C@H]2[C@H](CN)[C@@H]([C@@]3(C)Cc4cnn(-c5ccc(Oc6cccnc6)cc5)c4C[C@@H]3CO)CC[C@]12C. The van der Waals surface area contributed by atoms with Crippen LogP contribution in [0.15, 0.2) is 55.0 Å². The number of hydrogen-bond acceptors (Lipinski definition) is 5. The van der Waals surface area contributed by atoms with Gasteiger partial charge in [0, 0.05) is 18.5 Å². The van der Waals surface area contributed by atoms with Crippen molar-refractivity contribution in [1.82, 2.24) is 14.8 Å². The van der Waals surface area contributed by atoms with Crippen LogP contribution in [0.25, 0.3) is 5.69 Å². The zero-order valence-electron chi connectivity index (χ0n) is 23.0. The molecule has 2 fully saturated rings. The predicted octanol–water partition coefficient (Wildman–Crippen LogP) is 5.81. The van der Waals surface area contributed by atoms with Crippen LogP contribution in [-0.4, -0.2) is 33.0 Å². The van der Waals surface area contributed by atoms with Crippen LogP contribution in [0.2, 0.25) is 0 Å². The van der Waals surface area contributed by atoms with Crippen molar-refractivity contribution < 1.29 is 9.84 Å². The quantitative estimate of drug-likeness (QED) is 0.434. The van der Waals surface area contributed by atoms with E-state index in [2.05, 4.69) is 48.8 Å². The third kappa shape index (κ3) is 4.08. The van der Waals surface area contributed by atoms with E-state index < -0.39 is 0 Å². The zero-order valence-corrected chi connectivity index (χ0v) is 23.0. The van der Waals surface area contributed by atoms with E-state index in [4.69, 9.17) is 15.6 Å². The summed E-state index contributed by atoms with van der Waals surface area (Å²) in [6.45, 7) is 8.37. The number of pyridine rings is 1. The third-order valence-corrected chi connectivity index (χ3v) is 11.1. The first-order valence-corrected chi connectivity index (χ1v) is 14.4. The minimum atomic E-state index is 0.0220. The molecular weight excluding hydrogens is 472 g/mol. The molecule has 3 N–H and O–H groups in total. The number of rotatable bonds is 6. The highest BCUT2D eigenvalue weighted by molar-refractivity contribution is 5.42. The van der Waals surface area contributed by atoms with E-state index in [1.807, 2.05) is 24.3 Å². The van der Waals surface area contributed by atoms with E-state index >= 15 is 0 Å². The summed E-state index contributed by atoms with van der Waals surface area (Å²) in [6.07, 6.45) is 12.4. The molecule has 2 aromatic heterocycles. The van der Waals surface area contributed by atoms with Crippen molar-refractivity contribution in [3.8, 4) is 17.2 Å². The minimum Gasteiger partial charge on any atom is -0.456 e. The van der Waals surface area contributed by atoms with Crippen LogP contribution in [0.5, 0.6) is 11.5 Å². The van der Waals surface area contributed by atoms with Gasteiger partial charge in [-0.3, -0.25) is 4.98 Å². The van der Waals surface area contributed by atoms with Crippen molar-refractivity contribution in [2.75, 3.05) is 13.2 Å². The summed E-state index contributed by atoms with van der Waals surface area (Å²) >= 11 is 0. The van der Waals surface area contributed by atoms with Crippen molar-refractivity contribution in [3.63, 3.8) is 0 Å². The lowest BCUT2D eigenvalue weighted by molar-refractivity contribution is -0.0691. The first-order chi connectivity index (χ1) is 18.4. The number of aliphatic hydroxyl groups excluding tert-OH is 1. The van der Waals surface area contributed by atoms with Gasteiger partial charge >= 0.3 is 0 Å². The number of hydrogen-bond donors (Lipinski definition) is 2. The molecule has 6 rings (SSSR count). The van der Waals surface area contributed by atoms with E-state index in [0.717, 1.165) is 36.7 Å². The van der Waals surface area contributed by atoms with E-state index in [1.165, 1.54) is 36.9 Å². The predicted molar refractivity (Wildman–Crippen MR) is 149 cm³/mol. The maximum absolute atomic E-state index is 10.7. The van der Waals surface area contributed by atoms with Crippen LogP contribution in [0.1, 0.15) is 57.7 Å². The number of ether oxygens (including phenoxy) is 1. The average Bonchev–Trinajstić information content (AvgIpc) is 3.48. The summed E-state index contributed by atoms with van der Waals surface area (Å²) in [6, 6.07) is 11.8. The summed E-state index contributed by atoms with van der Waals surface area (Å²) in [5.41, 5.74) is 10.5. The van der Waals surface area contributed by atoms with Gasteiger partial charge in [0.05, 0.1) is 18.1 Å². The summed E-state index contributed by atoms with van der Waals surface area (Å²) < 4.78 is 7.98. The lowest BCUT2D eigenvalue weighted by atomic mass is 9.49. The van der Waals surface area contributed by atoms with Crippen molar-refractivity contribution in [3.05, 3.63) is 66.2 Å². The molecule has 3 aliphatic rings. The fraction of sp³-hybridized carbons (Fsp3) is 0.562. The summed E-state index contributed by atoms with van der Waals surface area (Å²) in [7, 11) is 0. The van der Waals surface area contributed by atoms with Crippen LogP contribution in [0, 0.1) is 40.4 Å². The van der Waals surface area contributed by atoms with Gasteiger partial charge in [0.2, 0.25) is 0 Å². The molecule has 0 saturated heterocycles. The molecule has 6 nitrogen and oxygen atoms in total. The number of nitrogens with zero attached hydrogens (tertiary/aromatic N) is 3. The van der Waals surface area contributed by atoms with Crippen molar-refractivity contribution >= 4 is 0 Å². The fourth-order valence-electron chi connectivity index (χ4n) is 8.62. The minimum absolute atomic E-state index is 0.0220. The molecular formula is C32H42N4O2. The second-order valence-corrected chi connectivity index (χ2v) is 12.7. The fourth-order valence-corrected chi connectivity index (χ4v) is 8.62. The molecule has 38 heavy (non-hydrogen) atoms. The molecule has 0 spiro atoms. The van der Waals surface area contributed by atoms with Crippen molar-refractivity contribution in [1.29, 1.82) is 0 Å². The molecule has 6 heteroatoms. The molecule has 0 aliphatic heterocycles. The molecule has 2 saturated carbocycles. The van der Waals surface area contributed by atoms with Crippen LogP contribution >= 0.6 is 0 Å². The Bertz CT molecular complexity index is 1260. The molecule has 3 aliphatic carbocycles. The van der Waals surface area contributed by atoms with E-state index in [-0.39, 0.29) is 17.9 Å². The smallest absolute Gasteiger partial charge is 0.145 e. The Morgan fingerprint density at radius 1 is 1.03 bits per heavy atom. The number of aromatic nitrogens is 3. The number of aliphatic hydroxyl groups is 1. The second kappa shape index (κ2) is 9.80. The first kappa shape index (κ1) is 25.6. The van der Waals surface area contributed by atoms with Crippen LogP contribution in [-0.2, 0) is 12.8 Å². The molecule has 202 valence electrons. The highest BCUT2D eigenvalue weighted by atomic mass is 16.5. The summed E-state index contributed by atoms with van der Waals surface area (Å²) in [5.74, 6) is 4.22. The monoisotopic (exact) mass is 514 g/mol. The van der Waals surface area contributed by atoms with Crippen LogP contribution in [0.4, 0.5) is 0 Å². The van der Waals surface area contributed by atoms with E-state index in [9.17, 15) is 5.11 Å². The second-order valence-electron chi connectivity index (χ2n) is 12.7. The van der Waals surface area contributed by atoms with E-state index in [0.29, 0.717) is 28.9 Å². The molecule has 0 unspecified atom stereocenters. The Hall–Kier alpha value is -2.70. The number of benzene rings is 1. The molecule has 0 radical (unpaired) electrons. The summed E-state index contributed by atoms with van der Waals surface area (Å²) in [5, 5.41) is 15.5. The van der Waals surface area contributed by atoms with Crippen LogP contribution in [0.3, 0.4) is 0 Å². The van der Waals surface area contributed by atoms with Gasteiger partial charge < -0.3 is 15.6 Å². The number of fused-ring (bicyclic) bond motifs is 2. The Morgan fingerprint density at radius 2 is 1.82 bits per heavy atom. The Balaban J connectivity index is 1.26. The lowest BCUT2D eigenvalue weighted by Crippen LogP contribution is -2.53. The molecule has 7 atom stereocenters. The van der Waals surface area contributed by atoms with Gasteiger partial charge in [0.25, 0.3) is 0 Å². The topological polar surface area (TPSA) is 86.2 Å². The van der Waals surface area contributed by atoms with Gasteiger partial charge in [-0.05, 0) is 127 Å². The van der Waals surface area contributed by atoms with Gasteiger partial charge in [-0.25, -0.2) is 4.68 Å². The van der Waals surface area contributed by atoms with Gasteiger partial charge in [-0.2, -0.15) is 5.10 Å². The molecule has 2 heterocycles. The summed E-state index contributed by atoms with van der Waals surface area (Å²) in [4.78, 5) is 4.11. The Labute approximate surface area is 226 Å². The highest BCUT2D eigenvalue weighted by Gasteiger charge is 2.57. The van der Waals surface area contributed by atoms with Crippen LogP contribution < -0.4 is 10.5 Å². The standard InChI is InChI=1S/C32H42N4O2/c1-21-6-11-28-27(17-33)29(12-13-31(21,28)2)32(3)16-22-18-35-36(30(22)15-23(32)20-37)24-7-9-25(10-8-24)38-26-5-4-14-34-19-26/h4-5,7-10,14,18-19,21,23,27-29,37H,6,11-13,15-17,20,33H2,1-3H3/t21-,23+,27-,28-,29-,31+,32-/m0/s1. The maximum Gasteiger partial charge on any atom is 0.145 e. The van der Waals surface area contributed by atoms with Gasteiger partial charge in [0.1, 0.15) is 11.5 Å². The number of nitrogens with two attached hydrogens (primary N) is 1. The molecule has 0 bridgehead atoms. The molecule has 3 aromatic rings. The normalized spacial score (nSPS) is 34.5. The maximum atomic E-state index is 10.7. The Morgan fingerprint density at radius 3 is 2.53 bits per heavy atom. The van der Waals surface area contributed by atoms with Gasteiger partial charge in [-0.1, -0.05) is 20.8 Å². The van der Waals surface area contributed by atoms with E-state index in [1.54, 1.807) is 12.4 Å². The van der Waals surface area contributed by atoms with Crippen molar-refractivity contribution in [2.45, 2.75) is 59.3 Å². The average molecular weight is 515 g/mol. The molecule has 1 aromatic carbocycles. The lowest BCUT2D eigenvalue weighted by Gasteiger charge is -2.56. The zero-order chi connectivity index (χ0) is 26.5. The third-order valence-electron chi connectivity index (χ3n) is 11.1. The first-order valence-electron chi connectivity index (χ1n) is 14.4. The Kier molecular flexibility index (Phi) is 6.59.